The number of carboxylic acid groups (broad SMARTS) is 4. The third-order valence-electron chi connectivity index (χ3n) is 4.66. The summed E-state index contributed by atoms with van der Waals surface area (Å²) in [5.41, 5.74) is 2.37. The lowest BCUT2D eigenvalue weighted by atomic mass is 9.95. The molecule has 2 aliphatic rings. The van der Waals surface area contributed by atoms with Gasteiger partial charge in [0, 0.05) is 49.0 Å². The number of carbonyl (C=O) groups is 4. The quantitative estimate of drug-likeness (QED) is 0.316. The molecule has 12 heteroatoms. The standard InChI is InChI=1S/C13H21N3O.2C4H4O4/c1-2-4-10(5-3-1)14-8-12-13-11(6-7-17-12)15-9-16-13;2*5-3(6)1-2-4(7)8/h9-10,12,14H,1-8H2,(H,15,16);2*1-2H,(H,5,6)(H,7,8)/b;2*2-1+. The van der Waals surface area contributed by atoms with Crippen LogP contribution in [0.15, 0.2) is 30.6 Å². The van der Waals surface area contributed by atoms with Crippen LogP contribution in [-0.2, 0) is 30.3 Å². The van der Waals surface area contributed by atoms with Gasteiger partial charge in [0.25, 0.3) is 0 Å². The first-order valence-electron chi connectivity index (χ1n) is 10.3. The molecule has 3 rings (SSSR count). The first-order chi connectivity index (χ1) is 15.7. The molecule has 1 aromatic heterocycles. The number of rotatable bonds is 7. The maximum atomic E-state index is 9.55. The molecule has 0 radical (unpaired) electrons. The van der Waals surface area contributed by atoms with Crippen molar-refractivity contribution < 1.29 is 44.3 Å². The van der Waals surface area contributed by atoms with E-state index in [1.807, 2.05) is 0 Å². The predicted octanol–water partition coefficient (Wildman–Crippen LogP) is 1.37. The number of aliphatic carboxylic acids is 4. The monoisotopic (exact) mass is 467 g/mol. The Morgan fingerprint density at radius 3 is 1.94 bits per heavy atom. The number of aromatic amines is 1. The maximum absolute atomic E-state index is 9.55. The molecular formula is C21H29N3O9. The Hall–Kier alpha value is -3.51. The van der Waals surface area contributed by atoms with E-state index in [1.165, 1.54) is 37.8 Å². The molecule has 1 aliphatic carbocycles. The molecular weight excluding hydrogens is 438 g/mol. The summed E-state index contributed by atoms with van der Waals surface area (Å²) in [6, 6.07) is 0.691. The average Bonchev–Trinajstić information content (AvgIpc) is 3.26. The van der Waals surface area contributed by atoms with Gasteiger partial charge in [0.15, 0.2) is 0 Å². The SMILES string of the molecule is O=C(O)/C=C/C(=O)O.O=C(O)/C=C/C(=O)O.c1nc2c([nH]1)CCOC2CNC1CCCCC1. The van der Waals surface area contributed by atoms with Crippen LogP contribution in [-0.4, -0.2) is 73.5 Å². The third-order valence-corrected chi connectivity index (χ3v) is 4.66. The van der Waals surface area contributed by atoms with Crippen LogP contribution in [0.3, 0.4) is 0 Å². The van der Waals surface area contributed by atoms with Gasteiger partial charge in [-0.15, -0.1) is 0 Å². The zero-order valence-corrected chi connectivity index (χ0v) is 18.0. The zero-order valence-electron chi connectivity index (χ0n) is 18.0. The van der Waals surface area contributed by atoms with E-state index in [0.717, 1.165) is 25.3 Å². The second kappa shape index (κ2) is 15.3. The number of hydrogen-bond acceptors (Lipinski definition) is 7. The molecule has 0 amide bonds. The lowest BCUT2D eigenvalue weighted by Crippen LogP contribution is -2.36. The predicted molar refractivity (Wildman–Crippen MR) is 115 cm³/mol. The molecule has 0 bridgehead atoms. The van der Waals surface area contributed by atoms with E-state index in [0.29, 0.717) is 30.3 Å². The van der Waals surface area contributed by atoms with E-state index in [-0.39, 0.29) is 6.10 Å². The molecule has 182 valence electrons. The van der Waals surface area contributed by atoms with Crippen molar-refractivity contribution in [2.75, 3.05) is 13.2 Å². The van der Waals surface area contributed by atoms with Gasteiger partial charge >= 0.3 is 23.9 Å². The highest BCUT2D eigenvalue weighted by atomic mass is 16.5. The molecule has 1 atom stereocenters. The normalized spacial score (nSPS) is 17.9. The molecule has 1 aromatic rings. The van der Waals surface area contributed by atoms with E-state index in [4.69, 9.17) is 25.2 Å². The minimum atomic E-state index is -1.26. The Bertz CT molecular complexity index is 776. The second-order valence-corrected chi connectivity index (χ2v) is 7.14. The second-order valence-electron chi connectivity index (χ2n) is 7.14. The van der Waals surface area contributed by atoms with Crippen molar-refractivity contribution in [1.82, 2.24) is 15.3 Å². The fraction of sp³-hybridized carbons (Fsp3) is 0.476. The van der Waals surface area contributed by atoms with E-state index in [9.17, 15) is 19.2 Å². The highest BCUT2D eigenvalue weighted by Crippen LogP contribution is 2.24. The average molecular weight is 467 g/mol. The Morgan fingerprint density at radius 2 is 1.45 bits per heavy atom. The molecule has 12 nitrogen and oxygen atoms in total. The smallest absolute Gasteiger partial charge is 0.328 e. The topological polar surface area (TPSA) is 199 Å². The lowest BCUT2D eigenvalue weighted by Gasteiger charge is -2.27. The van der Waals surface area contributed by atoms with Crippen molar-refractivity contribution in [3.05, 3.63) is 42.0 Å². The molecule has 6 N–H and O–H groups in total. The summed E-state index contributed by atoms with van der Waals surface area (Å²) in [6.07, 6.45) is 11.9. The van der Waals surface area contributed by atoms with E-state index >= 15 is 0 Å². The fourth-order valence-electron chi connectivity index (χ4n) is 3.21. The van der Waals surface area contributed by atoms with Crippen LogP contribution in [0.2, 0.25) is 0 Å². The largest absolute Gasteiger partial charge is 0.478 e. The molecule has 0 aromatic carbocycles. The number of nitrogens with one attached hydrogen (secondary N) is 2. The van der Waals surface area contributed by atoms with Crippen LogP contribution < -0.4 is 5.32 Å². The van der Waals surface area contributed by atoms with Gasteiger partial charge in [0.05, 0.1) is 18.6 Å². The van der Waals surface area contributed by atoms with Crippen molar-refractivity contribution in [2.45, 2.75) is 50.7 Å². The lowest BCUT2D eigenvalue weighted by molar-refractivity contribution is -0.134. The van der Waals surface area contributed by atoms with Gasteiger partial charge in [0.1, 0.15) is 6.10 Å². The Balaban J connectivity index is 0.000000288. The van der Waals surface area contributed by atoms with Crippen LogP contribution in [0.1, 0.15) is 49.6 Å². The van der Waals surface area contributed by atoms with Crippen molar-refractivity contribution in [2.24, 2.45) is 0 Å². The third kappa shape index (κ3) is 12.8. The Morgan fingerprint density at radius 1 is 0.939 bits per heavy atom. The molecule has 0 spiro atoms. The summed E-state index contributed by atoms with van der Waals surface area (Å²) in [4.78, 5) is 45.8. The number of carboxylic acids is 4. The molecule has 1 aliphatic heterocycles. The summed E-state index contributed by atoms with van der Waals surface area (Å²) in [5, 5.41) is 34.9. The van der Waals surface area contributed by atoms with Gasteiger partial charge < -0.3 is 35.5 Å². The molecule has 1 unspecified atom stereocenters. The van der Waals surface area contributed by atoms with Gasteiger partial charge in [-0.05, 0) is 12.8 Å². The van der Waals surface area contributed by atoms with Gasteiger partial charge in [-0.1, -0.05) is 19.3 Å². The summed E-state index contributed by atoms with van der Waals surface area (Å²) in [7, 11) is 0. The number of ether oxygens (including phenoxy) is 1. The molecule has 2 heterocycles. The minimum Gasteiger partial charge on any atom is -0.478 e. The zero-order chi connectivity index (χ0) is 24.6. The Labute approximate surface area is 190 Å². The summed E-state index contributed by atoms with van der Waals surface area (Å²) < 4.78 is 5.81. The van der Waals surface area contributed by atoms with Crippen LogP contribution in [0, 0.1) is 0 Å². The highest BCUT2D eigenvalue weighted by molar-refractivity contribution is 5.90. The number of imidazole rings is 1. The van der Waals surface area contributed by atoms with Gasteiger partial charge in [-0.25, -0.2) is 24.2 Å². The maximum Gasteiger partial charge on any atom is 0.328 e. The number of H-pyrrole nitrogens is 1. The Kier molecular flexibility index (Phi) is 12.8. The number of nitrogens with zero attached hydrogens (tertiary/aromatic N) is 1. The van der Waals surface area contributed by atoms with Crippen molar-refractivity contribution in [1.29, 1.82) is 0 Å². The van der Waals surface area contributed by atoms with Gasteiger partial charge in [0.2, 0.25) is 0 Å². The highest BCUT2D eigenvalue weighted by Gasteiger charge is 2.24. The molecule has 33 heavy (non-hydrogen) atoms. The van der Waals surface area contributed by atoms with Crippen molar-refractivity contribution in [3.8, 4) is 0 Å². The summed E-state index contributed by atoms with van der Waals surface area (Å²) in [5.74, 6) is -5.03. The van der Waals surface area contributed by atoms with Crippen molar-refractivity contribution >= 4 is 23.9 Å². The van der Waals surface area contributed by atoms with Crippen LogP contribution >= 0.6 is 0 Å². The van der Waals surface area contributed by atoms with E-state index in [1.54, 1.807) is 6.33 Å². The van der Waals surface area contributed by atoms with Crippen LogP contribution in [0.25, 0.3) is 0 Å². The van der Waals surface area contributed by atoms with Crippen LogP contribution in [0.4, 0.5) is 0 Å². The van der Waals surface area contributed by atoms with E-state index < -0.39 is 23.9 Å². The van der Waals surface area contributed by atoms with Gasteiger partial charge in [-0.3, -0.25) is 0 Å². The van der Waals surface area contributed by atoms with E-state index in [2.05, 4.69) is 15.3 Å². The number of fused-ring (bicyclic) bond motifs is 1. The van der Waals surface area contributed by atoms with Crippen molar-refractivity contribution in [3.63, 3.8) is 0 Å². The van der Waals surface area contributed by atoms with Gasteiger partial charge in [-0.2, -0.15) is 0 Å². The first-order valence-corrected chi connectivity index (χ1v) is 10.3. The molecule has 1 fully saturated rings. The number of aromatic nitrogens is 2. The number of hydrogen-bond donors (Lipinski definition) is 6. The summed E-state index contributed by atoms with van der Waals surface area (Å²) in [6.45, 7) is 1.72. The fourth-order valence-corrected chi connectivity index (χ4v) is 3.21. The molecule has 1 saturated carbocycles. The first kappa shape index (κ1) is 27.5. The summed E-state index contributed by atoms with van der Waals surface area (Å²) >= 11 is 0. The van der Waals surface area contributed by atoms with Crippen LogP contribution in [0.5, 0.6) is 0 Å². The minimum absolute atomic E-state index is 0.145. The molecule has 0 saturated heterocycles.